The summed E-state index contributed by atoms with van der Waals surface area (Å²) in [5, 5.41) is 5.64. The number of rotatable bonds is 13. The molecular formula is C28H33N3O4S2. The second kappa shape index (κ2) is 14.5. The number of nitrogens with one attached hydrogen (secondary N) is 3. The van der Waals surface area contributed by atoms with Gasteiger partial charge in [0.05, 0.1) is 11.5 Å². The van der Waals surface area contributed by atoms with Crippen molar-refractivity contribution in [2.75, 3.05) is 18.5 Å². The van der Waals surface area contributed by atoms with Crippen LogP contribution in [0.3, 0.4) is 0 Å². The highest BCUT2D eigenvalue weighted by Gasteiger charge is 2.14. The molecule has 9 heteroatoms. The maximum absolute atomic E-state index is 12.6. The van der Waals surface area contributed by atoms with Crippen molar-refractivity contribution in [3.63, 3.8) is 0 Å². The molecule has 0 aliphatic rings. The second-order valence-electron chi connectivity index (χ2n) is 8.50. The molecular weight excluding hydrogens is 506 g/mol. The lowest BCUT2D eigenvalue weighted by Crippen LogP contribution is -2.34. The van der Waals surface area contributed by atoms with E-state index in [1.807, 2.05) is 30.3 Å². The van der Waals surface area contributed by atoms with Crippen LogP contribution in [0.1, 0.15) is 48.5 Å². The van der Waals surface area contributed by atoms with Crippen LogP contribution in [0.25, 0.3) is 0 Å². The molecule has 0 radical (unpaired) electrons. The van der Waals surface area contributed by atoms with Crippen molar-refractivity contribution in [1.29, 1.82) is 0 Å². The Morgan fingerprint density at radius 2 is 1.59 bits per heavy atom. The lowest BCUT2D eigenvalue weighted by atomic mass is 10.2. The average molecular weight is 540 g/mol. The van der Waals surface area contributed by atoms with Gasteiger partial charge < -0.3 is 10.1 Å². The standard InChI is InChI=1S/C28H33N3O4S2/c1-2-3-4-8-21-35-25-15-11-23(12-16-25)27(32)31-28(36)30-24-13-17-26(18-14-24)37(33,34)29-20-19-22-9-6-5-7-10-22/h5-7,9-18,29H,2-4,8,19-21H2,1H3,(H2,30,31,32,36). The van der Waals surface area contributed by atoms with Crippen LogP contribution in [0.2, 0.25) is 0 Å². The van der Waals surface area contributed by atoms with E-state index < -0.39 is 10.0 Å². The molecule has 0 spiro atoms. The van der Waals surface area contributed by atoms with Crippen LogP contribution >= 0.6 is 12.2 Å². The smallest absolute Gasteiger partial charge is 0.257 e. The van der Waals surface area contributed by atoms with E-state index in [0.29, 0.717) is 30.8 Å². The van der Waals surface area contributed by atoms with Gasteiger partial charge in [-0.2, -0.15) is 0 Å². The Labute approximate surface area is 224 Å². The summed E-state index contributed by atoms with van der Waals surface area (Å²) in [7, 11) is -3.64. The molecule has 3 N–H and O–H groups in total. The highest BCUT2D eigenvalue weighted by molar-refractivity contribution is 7.89. The van der Waals surface area contributed by atoms with Crippen molar-refractivity contribution >= 4 is 38.9 Å². The van der Waals surface area contributed by atoms with Gasteiger partial charge in [-0.15, -0.1) is 0 Å². The average Bonchev–Trinajstić information content (AvgIpc) is 2.89. The van der Waals surface area contributed by atoms with Crippen molar-refractivity contribution in [1.82, 2.24) is 10.0 Å². The fourth-order valence-corrected chi connectivity index (χ4v) is 4.78. The number of unbranched alkanes of at least 4 members (excludes halogenated alkanes) is 3. The number of carbonyl (C=O) groups is 1. The van der Waals surface area contributed by atoms with Gasteiger partial charge in [-0.25, -0.2) is 13.1 Å². The summed E-state index contributed by atoms with van der Waals surface area (Å²) in [6.07, 6.45) is 5.13. The third kappa shape index (κ3) is 9.60. The van der Waals surface area contributed by atoms with Crippen molar-refractivity contribution in [3.8, 4) is 5.75 Å². The van der Waals surface area contributed by atoms with E-state index in [1.165, 1.54) is 25.0 Å². The summed E-state index contributed by atoms with van der Waals surface area (Å²) in [6, 6.07) is 22.7. The Kier molecular flexibility index (Phi) is 11.1. The molecule has 0 aliphatic carbocycles. The zero-order valence-corrected chi connectivity index (χ0v) is 22.5. The molecule has 0 heterocycles. The molecule has 0 bridgehead atoms. The van der Waals surface area contributed by atoms with Crippen LogP contribution < -0.4 is 20.1 Å². The minimum atomic E-state index is -3.64. The van der Waals surface area contributed by atoms with Crippen LogP contribution in [-0.4, -0.2) is 32.6 Å². The van der Waals surface area contributed by atoms with Crippen LogP contribution in [0.4, 0.5) is 5.69 Å². The first-order valence-corrected chi connectivity index (χ1v) is 14.3. The number of anilines is 1. The maximum Gasteiger partial charge on any atom is 0.257 e. The quantitative estimate of drug-likeness (QED) is 0.202. The fourth-order valence-electron chi connectivity index (χ4n) is 3.53. The predicted molar refractivity (Wildman–Crippen MR) is 152 cm³/mol. The first kappa shape index (κ1) is 28.3. The molecule has 196 valence electrons. The van der Waals surface area contributed by atoms with Gasteiger partial charge in [-0.05, 0) is 79.2 Å². The SMILES string of the molecule is CCCCCCOc1ccc(C(=O)NC(=S)Nc2ccc(S(=O)(=O)NCCc3ccccc3)cc2)cc1. The maximum atomic E-state index is 12.6. The third-order valence-electron chi connectivity index (χ3n) is 5.58. The topological polar surface area (TPSA) is 96.5 Å². The van der Waals surface area contributed by atoms with E-state index in [2.05, 4.69) is 22.3 Å². The summed E-state index contributed by atoms with van der Waals surface area (Å²) in [4.78, 5) is 12.7. The Hall–Kier alpha value is -3.27. The number of amides is 1. The molecule has 0 saturated heterocycles. The third-order valence-corrected chi connectivity index (χ3v) is 7.26. The number of sulfonamides is 1. The predicted octanol–water partition coefficient (Wildman–Crippen LogP) is 5.29. The first-order chi connectivity index (χ1) is 17.9. The molecule has 3 rings (SSSR count). The fraction of sp³-hybridized carbons (Fsp3) is 0.286. The number of hydrogen-bond donors (Lipinski definition) is 3. The normalized spacial score (nSPS) is 11.1. The molecule has 1 amide bonds. The van der Waals surface area contributed by atoms with E-state index in [-0.39, 0.29) is 15.9 Å². The van der Waals surface area contributed by atoms with E-state index in [9.17, 15) is 13.2 Å². The number of ether oxygens (including phenoxy) is 1. The highest BCUT2D eigenvalue weighted by Crippen LogP contribution is 2.15. The molecule has 0 aromatic heterocycles. The van der Waals surface area contributed by atoms with E-state index in [4.69, 9.17) is 17.0 Å². The first-order valence-electron chi connectivity index (χ1n) is 12.4. The zero-order valence-electron chi connectivity index (χ0n) is 20.9. The van der Waals surface area contributed by atoms with E-state index in [0.717, 1.165) is 24.2 Å². The molecule has 0 unspecified atom stereocenters. The van der Waals surface area contributed by atoms with Crippen molar-refractivity contribution in [2.45, 2.75) is 43.9 Å². The Balaban J connectivity index is 1.45. The van der Waals surface area contributed by atoms with Gasteiger partial charge >= 0.3 is 0 Å². The van der Waals surface area contributed by atoms with Crippen molar-refractivity contribution < 1.29 is 17.9 Å². The minimum absolute atomic E-state index is 0.109. The van der Waals surface area contributed by atoms with Gasteiger partial charge in [-0.1, -0.05) is 56.5 Å². The van der Waals surface area contributed by atoms with Gasteiger partial charge in [0, 0.05) is 17.8 Å². The van der Waals surface area contributed by atoms with Crippen molar-refractivity contribution in [2.24, 2.45) is 0 Å². The Morgan fingerprint density at radius 1 is 0.892 bits per heavy atom. The second-order valence-corrected chi connectivity index (χ2v) is 10.7. The van der Waals surface area contributed by atoms with Crippen LogP contribution in [0, 0.1) is 0 Å². The molecule has 0 saturated carbocycles. The summed E-state index contributed by atoms with van der Waals surface area (Å²) < 4.78 is 33.4. The summed E-state index contributed by atoms with van der Waals surface area (Å²) in [5.41, 5.74) is 2.06. The number of hydrogen-bond acceptors (Lipinski definition) is 5. The number of benzene rings is 3. The van der Waals surface area contributed by atoms with Crippen molar-refractivity contribution in [3.05, 3.63) is 90.0 Å². The summed E-state index contributed by atoms with van der Waals surface area (Å²) >= 11 is 5.24. The lowest BCUT2D eigenvalue weighted by molar-refractivity contribution is 0.0977. The minimum Gasteiger partial charge on any atom is -0.494 e. The molecule has 0 fully saturated rings. The zero-order chi connectivity index (χ0) is 26.5. The van der Waals surface area contributed by atoms with E-state index >= 15 is 0 Å². The van der Waals surface area contributed by atoms with Crippen LogP contribution in [-0.2, 0) is 16.4 Å². The van der Waals surface area contributed by atoms with Gasteiger partial charge in [0.25, 0.3) is 5.91 Å². The molecule has 0 aliphatic heterocycles. The molecule has 3 aromatic carbocycles. The molecule has 3 aromatic rings. The Bertz CT molecular complexity index is 1250. The van der Waals surface area contributed by atoms with Gasteiger partial charge in [-0.3, -0.25) is 10.1 Å². The lowest BCUT2D eigenvalue weighted by Gasteiger charge is -2.11. The molecule has 37 heavy (non-hydrogen) atoms. The van der Waals surface area contributed by atoms with E-state index in [1.54, 1.807) is 36.4 Å². The summed E-state index contributed by atoms with van der Waals surface area (Å²) in [6.45, 7) is 3.12. The number of thiocarbonyl (C=S) groups is 1. The number of carbonyl (C=O) groups excluding carboxylic acids is 1. The Morgan fingerprint density at radius 3 is 2.27 bits per heavy atom. The van der Waals surface area contributed by atoms with Crippen LogP contribution in [0.15, 0.2) is 83.8 Å². The van der Waals surface area contributed by atoms with Crippen LogP contribution in [0.5, 0.6) is 5.75 Å². The molecule has 0 atom stereocenters. The largest absolute Gasteiger partial charge is 0.494 e. The molecule has 7 nitrogen and oxygen atoms in total. The van der Waals surface area contributed by atoms with Gasteiger partial charge in [0.1, 0.15) is 5.75 Å². The highest BCUT2D eigenvalue weighted by atomic mass is 32.2. The monoisotopic (exact) mass is 539 g/mol. The van der Waals surface area contributed by atoms with Gasteiger partial charge in [0.15, 0.2) is 5.11 Å². The van der Waals surface area contributed by atoms with Gasteiger partial charge in [0.2, 0.25) is 10.0 Å². The summed E-state index contributed by atoms with van der Waals surface area (Å²) in [5.74, 6) is 0.368.